The van der Waals surface area contributed by atoms with E-state index in [1.54, 1.807) is 0 Å². The van der Waals surface area contributed by atoms with Crippen molar-refractivity contribution in [2.75, 3.05) is 11.9 Å². The van der Waals surface area contributed by atoms with Crippen LogP contribution in [-0.2, 0) is 6.42 Å². The number of fused-ring (bicyclic) bond motifs is 1. The Bertz CT molecular complexity index is 1020. The Hall–Kier alpha value is -2.66. The van der Waals surface area contributed by atoms with Crippen LogP contribution in [0.3, 0.4) is 0 Å². The molecule has 1 heterocycles. The number of hydrogen-bond acceptors (Lipinski definition) is 2. The quantitative estimate of drug-likeness (QED) is 0.612. The van der Waals surface area contributed by atoms with E-state index in [-0.39, 0.29) is 5.56 Å². The molecule has 0 fully saturated rings. The highest BCUT2D eigenvalue weighted by Gasteiger charge is 2.06. The third-order valence-electron chi connectivity index (χ3n) is 4.61. The van der Waals surface area contributed by atoms with Gasteiger partial charge in [0.05, 0.1) is 0 Å². The third-order valence-corrected chi connectivity index (χ3v) is 4.86. The fourth-order valence-electron chi connectivity index (χ4n) is 2.90. The second-order valence-corrected chi connectivity index (χ2v) is 7.00. The second-order valence-electron chi connectivity index (χ2n) is 6.59. The van der Waals surface area contributed by atoms with Crippen LogP contribution in [-0.4, -0.2) is 16.6 Å². The van der Waals surface area contributed by atoms with E-state index in [0.717, 1.165) is 27.7 Å². The molecule has 4 nitrogen and oxygen atoms in total. The maximum Gasteiger partial charge on any atom is 0.251 e. The highest BCUT2D eigenvalue weighted by Crippen LogP contribution is 2.17. The number of hydrogen-bond donors (Lipinski definition) is 3. The number of aromatic nitrogens is 1. The molecule has 5 heteroatoms. The van der Waals surface area contributed by atoms with Gasteiger partial charge in [0.25, 0.3) is 5.56 Å². The predicted octanol–water partition coefficient (Wildman–Crippen LogP) is 3.98. The maximum absolute atomic E-state index is 12.3. The van der Waals surface area contributed by atoms with Gasteiger partial charge in [0, 0.05) is 23.3 Å². The summed E-state index contributed by atoms with van der Waals surface area (Å²) in [5.41, 5.74) is 6.11. The molecule has 0 aliphatic rings. The Morgan fingerprint density at radius 1 is 1.04 bits per heavy atom. The predicted molar refractivity (Wildman–Crippen MR) is 113 cm³/mol. The first-order valence-electron chi connectivity index (χ1n) is 8.67. The molecular weight excluding hydrogens is 342 g/mol. The minimum Gasteiger partial charge on any atom is -0.362 e. The molecule has 0 unspecified atom stereocenters. The van der Waals surface area contributed by atoms with Crippen molar-refractivity contribution in [3.8, 4) is 0 Å². The van der Waals surface area contributed by atoms with Gasteiger partial charge in [0.1, 0.15) is 0 Å². The summed E-state index contributed by atoms with van der Waals surface area (Å²) in [6.07, 6.45) is 0.605. The van der Waals surface area contributed by atoms with E-state index in [9.17, 15) is 4.79 Å². The monoisotopic (exact) mass is 365 g/mol. The summed E-state index contributed by atoms with van der Waals surface area (Å²) in [6, 6.07) is 14.1. The van der Waals surface area contributed by atoms with Gasteiger partial charge in [-0.1, -0.05) is 18.2 Å². The summed E-state index contributed by atoms with van der Waals surface area (Å²) in [5.74, 6) is 0. The lowest BCUT2D eigenvalue weighted by Gasteiger charge is -2.12. The molecule has 0 radical (unpaired) electrons. The van der Waals surface area contributed by atoms with Crippen LogP contribution in [0.15, 0.2) is 47.3 Å². The average Bonchev–Trinajstić information content (AvgIpc) is 2.59. The van der Waals surface area contributed by atoms with Crippen molar-refractivity contribution in [3.05, 3.63) is 75.1 Å². The minimum atomic E-state index is -0.0414. The molecular formula is C21H23N3OS. The molecule has 3 rings (SSSR count). The van der Waals surface area contributed by atoms with Crippen LogP contribution in [0.1, 0.15) is 22.3 Å². The van der Waals surface area contributed by atoms with E-state index >= 15 is 0 Å². The molecule has 0 bridgehead atoms. The van der Waals surface area contributed by atoms with Gasteiger partial charge in [-0.2, -0.15) is 0 Å². The minimum absolute atomic E-state index is 0.0414. The highest BCUT2D eigenvalue weighted by atomic mass is 32.1. The molecule has 0 spiro atoms. The molecule has 1 aromatic heterocycles. The molecule has 0 aliphatic heterocycles. The van der Waals surface area contributed by atoms with Crippen LogP contribution in [0, 0.1) is 20.8 Å². The number of rotatable bonds is 4. The van der Waals surface area contributed by atoms with Crippen molar-refractivity contribution in [1.82, 2.24) is 10.3 Å². The molecule has 0 aliphatic carbocycles. The van der Waals surface area contributed by atoms with Gasteiger partial charge in [-0.05, 0) is 85.8 Å². The van der Waals surface area contributed by atoms with Gasteiger partial charge in [-0.15, -0.1) is 0 Å². The largest absolute Gasteiger partial charge is 0.362 e. The Morgan fingerprint density at radius 3 is 2.54 bits per heavy atom. The van der Waals surface area contributed by atoms with E-state index in [4.69, 9.17) is 12.2 Å². The number of H-pyrrole nitrogens is 1. The van der Waals surface area contributed by atoms with Crippen LogP contribution in [0.25, 0.3) is 10.9 Å². The molecule has 0 atom stereocenters. The molecule has 0 amide bonds. The van der Waals surface area contributed by atoms with Gasteiger partial charge >= 0.3 is 0 Å². The fraction of sp³-hybridized carbons (Fsp3) is 0.238. The normalized spacial score (nSPS) is 10.7. The molecule has 134 valence electrons. The van der Waals surface area contributed by atoms with Gasteiger partial charge < -0.3 is 15.6 Å². The van der Waals surface area contributed by atoms with Crippen LogP contribution in [0.5, 0.6) is 0 Å². The van der Waals surface area contributed by atoms with E-state index in [0.29, 0.717) is 18.1 Å². The van der Waals surface area contributed by atoms with Crippen molar-refractivity contribution < 1.29 is 0 Å². The molecule has 3 N–H and O–H groups in total. The summed E-state index contributed by atoms with van der Waals surface area (Å²) in [4.78, 5) is 15.3. The second kappa shape index (κ2) is 7.70. The van der Waals surface area contributed by atoms with Crippen LogP contribution in [0.2, 0.25) is 0 Å². The maximum atomic E-state index is 12.3. The van der Waals surface area contributed by atoms with E-state index in [1.807, 2.05) is 50.2 Å². The lowest BCUT2D eigenvalue weighted by atomic mass is 10.0. The number of pyridine rings is 1. The molecule has 2 aromatic carbocycles. The fourth-order valence-corrected chi connectivity index (χ4v) is 3.11. The molecule has 3 aromatic rings. The average molecular weight is 366 g/mol. The smallest absolute Gasteiger partial charge is 0.251 e. The van der Waals surface area contributed by atoms with E-state index in [1.165, 1.54) is 11.1 Å². The lowest BCUT2D eigenvalue weighted by molar-refractivity contribution is 0.863. The zero-order valence-electron chi connectivity index (χ0n) is 15.3. The van der Waals surface area contributed by atoms with Crippen LogP contribution < -0.4 is 16.2 Å². The number of para-hydroxylation sites is 1. The van der Waals surface area contributed by atoms with E-state index < -0.39 is 0 Å². The summed E-state index contributed by atoms with van der Waals surface area (Å²) in [5, 5.41) is 7.98. The molecule has 26 heavy (non-hydrogen) atoms. The van der Waals surface area contributed by atoms with Crippen LogP contribution in [0.4, 0.5) is 5.69 Å². The third kappa shape index (κ3) is 4.11. The Morgan fingerprint density at radius 2 is 1.77 bits per heavy atom. The first-order chi connectivity index (χ1) is 12.4. The number of aryl methyl sites for hydroxylation is 3. The summed E-state index contributed by atoms with van der Waals surface area (Å²) >= 11 is 5.34. The van der Waals surface area contributed by atoms with E-state index in [2.05, 4.69) is 28.6 Å². The van der Waals surface area contributed by atoms with Crippen molar-refractivity contribution in [2.45, 2.75) is 27.2 Å². The Balaban J connectivity index is 1.65. The summed E-state index contributed by atoms with van der Waals surface area (Å²) in [7, 11) is 0. The van der Waals surface area contributed by atoms with Crippen molar-refractivity contribution >= 4 is 33.9 Å². The standard InChI is InChI=1S/C21H23N3OS/c1-13-6-4-5-7-18(13)24-21(26)22-9-8-16-12-17-10-14(2)15(3)11-19(17)23-20(16)25/h4-7,10-12H,8-9H2,1-3H3,(H,23,25)(H2,22,24,26). The molecule has 0 saturated carbocycles. The zero-order valence-corrected chi connectivity index (χ0v) is 16.1. The van der Waals surface area contributed by atoms with Gasteiger partial charge in [0.15, 0.2) is 5.11 Å². The first-order valence-corrected chi connectivity index (χ1v) is 9.08. The highest BCUT2D eigenvalue weighted by molar-refractivity contribution is 7.80. The number of nitrogens with one attached hydrogen (secondary N) is 3. The molecule has 0 saturated heterocycles. The number of thiocarbonyl (C=S) groups is 1. The zero-order chi connectivity index (χ0) is 18.7. The number of benzene rings is 2. The van der Waals surface area contributed by atoms with Crippen LogP contribution >= 0.6 is 12.2 Å². The van der Waals surface area contributed by atoms with Crippen molar-refractivity contribution in [1.29, 1.82) is 0 Å². The summed E-state index contributed by atoms with van der Waals surface area (Å²) in [6.45, 7) is 6.75. The topological polar surface area (TPSA) is 56.9 Å². The van der Waals surface area contributed by atoms with Gasteiger partial charge in [-0.25, -0.2) is 0 Å². The Labute approximate surface area is 158 Å². The Kier molecular flexibility index (Phi) is 5.38. The lowest BCUT2D eigenvalue weighted by Crippen LogP contribution is -2.31. The number of aromatic amines is 1. The first kappa shape index (κ1) is 18.1. The summed E-state index contributed by atoms with van der Waals surface area (Å²) < 4.78 is 0. The van der Waals surface area contributed by atoms with Gasteiger partial charge in [-0.3, -0.25) is 4.79 Å². The van der Waals surface area contributed by atoms with Gasteiger partial charge in [0.2, 0.25) is 0 Å². The van der Waals surface area contributed by atoms with Crippen molar-refractivity contribution in [2.24, 2.45) is 0 Å². The SMILES string of the molecule is Cc1cc2cc(CCNC(=S)Nc3ccccc3C)c(=O)[nH]c2cc1C. The van der Waals surface area contributed by atoms with Crippen molar-refractivity contribution in [3.63, 3.8) is 0 Å². The number of anilines is 1.